The van der Waals surface area contributed by atoms with Gasteiger partial charge in [0.2, 0.25) is 0 Å². The molecule has 3 aromatic rings. The van der Waals surface area contributed by atoms with Crippen LogP contribution in [0.15, 0.2) is 71.3 Å². The molecule has 3 heterocycles. The number of pyridine rings is 1. The van der Waals surface area contributed by atoms with E-state index >= 15 is 0 Å². The van der Waals surface area contributed by atoms with E-state index in [1.165, 1.54) is 5.01 Å². The lowest BCUT2D eigenvalue weighted by Crippen LogP contribution is -2.37. The van der Waals surface area contributed by atoms with E-state index in [2.05, 4.69) is 16.1 Å². The van der Waals surface area contributed by atoms with Gasteiger partial charge >= 0.3 is 0 Å². The quantitative estimate of drug-likeness (QED) is 0.629. The molecule has 30 heavy (non-hydrogen) atoms. The molecule has 0 N–H and O–H groups in total. The molecule has 0 spiro atoms. The molecule has 5 rings (SSSR count). The second kappa shape index (κ2) is 7.72. The molecular weight excluding hydrogens is 376 g/mol. The largest absolute Gasteiger partial charge is 0.378 e. The number of morpholine rings is 1. The van der Waals surface area contributed by atoms with Crippen LogP contribution in [0.1, 0.15) is 12.5 Å². The molecule has 6 nitrogen and oxygen atoms in total. The highest BCUT2D eigenvalue weighted by Crippen LogP contribution is 2.30. The van der Waals surface area contributed by atoms with Crippen LogP contribution in [0.25, 0.3) is 17.0 Å². The van der Waals surface area contributed by atoms with Crippen LogP contribution in [-0.2, 0) is 9.53 Å². The molecule has 1 aromatic heterocycles. The number of hydrogen-bond acceptors (Lipinski definition) is 5. The van der Waals surface area contributed by atoms with Gasteiger partial charge in [-0.05, 0) is 37.3 Å². The number of anilines is 2. The molecule has 150 valence electrons. The minimum absolute atomic E-state index is 0.125. The summed E-state index contributed by atoms with van der Waals surface area (Å²) in [6.07, 6.45) is 1.92. The number of aromatic nitrogens is 1. The summed E-state index contributed by atoms with van der Waals surface area (Å²) in [5.74, 6) is 0.753. The number of fused-ring (bicyclic) bond motifs is 1. The number of carbonyl (C=O) groups is 1. The van der Waals surface area contributed by atoms with Crippen molar-refractivity contribution in [3.05, 3.63) is 71.8 Å². The van der Waals surface area contributed by atoms with Crippen molar-refractivity contribution in [1.82, 2.24) is 4.98 Å². The van der Waals surface area contributed by atoms with Gasteiger partial charge in [-0.25, -0.2) is 4.98 Å². The summed E-state index contributed by atoms with van der Waals surface area (Å²) >= 11 is 0. The molecule has 2 aliphatic heterocycles. The van der Waals surface area contributed by atoms with Gasteiger partial charge in [0.25, 0.3) is 5.91 Å². The van der Waals surface area contributed by atoms with E-state index in [1.54, 1.807) is 0 Å². The molecule has 2 aromatic carbocycles. The van der Waals surface area contributed by atoms with Crippen LogP contribution in [0.2, 0.25) is 0 Å². The Morgan fingerprint density at radius 3 is 2.53 bits per heavy atom. The van der Waals surface area contributed by atoms with Crippen LogP contribution in [-0.4, -0.2) is 42.9 Å². The van der Waals surface area contributed by atoms with Crippen molar-refractivity contribution in [3.63, 3.8) is 0 Å². The van der Waals surface area contributed by atoms with Crippen LogP contribution >= 0.6 is 0 Å². The monoisotopic (exact) mass is 398 g/mol. The first kappa shape index (κ1) is 18.5. The number of hydrogen-bond donors (Lipinski definition) is 0. The van der Waals surface area contributed by atoms with Crippen molar-refractivity contribution >= 4 is 40.1 Å². The first-order chi connectivity index (χ1) is 14.7. The molecule has 1 saturated heterocycles. The van der Waals surface area contributed by atoms with Crippen molar-refractivity contribution in [2.45, 2.75) is 6.92 Å². The number of ether oxygens (including phenoxy) is 1. The van der Waals surface area contributed by atoms with E-state index in [4.69, 9.17) is 9.72 Å². The van der Waals surface area contributed by atoms with E-state index < -0.39 is 0 Å². The third-order valence-corrected chi connectivity index (χ3v) is 5.41. The SMILES string of the molecule is CC1=NN(c2ccccc2)C(=O)C1=Cc1cc2ccccc2nc1N1CCOCC1. The van der Waals surface area contributed by atoms with Crippen LogP contribution < -0.4 is 9.91 Å². The number of benzene rings is 2. The number of amides is 1. The van der Waals surface area contributed by atoms with E-state index in [0.717, 1.165) is 41.1 Å². The van der Waals surface area contributed by atoms with Crippen LogP contribution in [0.4, 0.5) is 11.5 Å². The predicted octanol–water partition coefficient (Wildman–Crippen LogP) is 3.88. The minimum atomic E-state index is -0.125. The smallest absolute Gasteiger partial charge is 0.280 e. The topological polar surface area (TPSA) is 58.0 Å². The Morgan fingerprint density at radius 1 is 1.00 bits per heavy atom. The summed E-state index contributed by atoms with van der Waals surface area (Å²) in [4.78, 5) is 20.3. The van der Waals surface area contributed by atoms with Gasteiger partial charge in [-0.3, -0.25) is 4.79 Å². The zero-order valence-electron chi connectivity index (χ0n) is 16.8. The summed E-state index contributed by atoms with van der Waals surface area (Å²) in [6, 6.07) is 19.6. The molecule has 0 unspecified atom stereocenters. The first-order valence-electron chi connectivity index (χ1n) is 10.1. The average Bonchev–Trinajstić information content (AvgIpc) is 3.08. The molecule has 6 heteroatoms. The standard InChI is InChI=1S/C24H22N4O2/c1-17-21(24(29)28(26-17)20-8-3-2-4-9-20)16-19-15-18-7-5-6-10-22(18)25-23(19)27-11-13-30-14-12-27/h2-10,15-16H,11-14H2,1H3. The van der Waals surface area contributed by atoms with Crippen molar-refractivity contribution < 1.29 is 9.53 Å². The minimum Gasteiger partial charge on any atom is -0.378 e. The Balaban J connectivity index is 1.59. The van der Waals surface area contributed by atoms with Crippen molar-refractivity contribution in [1.29, 1.82) is 0 Å². The Labute approximate surface area is 175 Å². The lowest BCUT2D eigenvalue weighted by molar-refractivity contribution is -0.114. The highest BCUT2D eigenvalue weighted by atomic mass is 16.5. The van der Waals surface area contributed by atoms with Crippen molar-refractivity contribution in [3.8, 4) is 0 Å². The van der Waals surface area contributed by atoms with Crippen LogP contribution in [0.3, 0.4) is 0 Å². The van der Waals surface area contributed by atoms with Gasteiger partial charge < -0.3 is 9.64 Å². The summed E-state index contributed by atoms with van der Waals surface area (Å²) in [7, 11) is 0. The lowest BCUT2D eigenvalue weighted by atomic mass is 10.0. The normalized spacial score (nSPS) is 18.4. The fourth-order valence-electron chi connectivity index (χ4n) is 3.84. The first-order valence-corrected chi connectivity index (χ1v) is 10.1. The maximum absolute atomic E-state index is 13.2. The van der Waals surface area contributed by atoms with Gasteiger partial charge in [0, 0.05) is 24.0 Å². The Hall–Kier alpha value is -3.51. The van der Waals surface area contributed by atoms with Gasteiger partial charge in [-0.15, -0.1) is 0 Å². The van der Waals surface area contributed by atoms with Crippen LogP contribution in [0, 0.1) is 0 Å². The van der Waals surface area contributed by atoms with Crippen molar-refractivity contribution in [2.24, 2.45) is 5.10 Å². The van der Waals surface area contributed by atoms with Gasteiger partial charge in [0.05, 0.1) is 35.7 Å². The Kier molecular flexibility index (Phi) is 4.77. The molecule has 1 fully saturated rings. The number of nitrogens with zero attached hydrogens (tertiary/aromatic N) is 4. The fourth-order valence-corrected chi connectivity index (χ4v) is 3.84. The average molecular weight is 398 g/mol. The highest BCUT2D eigenvalue weighted by molar-refractivity contribution is 6.32. The molecule has 0 atom stereocenters. The number of carbonyl (C=O) groups excluding carboxylic acids is 1. The van der Waals surface area contributed by atoms with E-state index in [0.29, 0.717) is 24.5 Å². The van der Waals surface area contributed by atoms with Crippen molar-refractivity contribution in [2.75, 3.05) is 36.2 Å². The number of rotatable bonds is 3. The Morgan fingerprint density at radius 2 is 1.73 bits per heavy atom. The van der Waals surface area contributed by atoms with Gasteiger partial charge in [0.1, 0.15) is 5.82 Å². The maximum atomic E-state index is 13.2. The molecule has 1 amide bonds. The maximum Gasteiger partial charge on any atom is 0.280 e. The summed E-state index contributed by atoms with van der Waals surface area (Å²) < 4.78 is 5.51. The molecule has 0 bridgehead atoms. The molecule has 0 radical (unpaired) electrons. The zero-order valence-corrected chi connectivity index (χ0v) is 16.8. The molecule has 2 aliphatic rings. The van der Waals surface area contributed by atoms with Gasteiger partial charge in [-0.1, -0.05) is 36.4 Å². The van der Waals surface area contributed by atoms with E-state index in [9.17, 15) is 4.79 Å². The predicted molar refractivity (Wildman–Crippen MR) is 120 cm³/mol. The summed E-state index contributed by atoms with van der Waals surface area (Å²) in [5, 5.41) is 7.01. The van der Waals surface area contributed by atoms with E-state index in [1.807, 2.05) is 67.6 Å². The second-order valence-electron chi connectivity index (χ2n) is 7.39. The Bertz CT molecular complexity index is 1160. The zero-order chi connectivity index (χ0) is 20.5. The number of para-hydroxylation sites is 2. The second-order valence-corrected chi connectivity index (χ2v) is 7.39. The van der Waals surface area contributed by atoms with E-state index in [-0.39, 0.29) is 5.91 Å². The lowest BCUT2D eigenvalue weighted by Gasteiger charge is -2.29. The molecule has 0 saturated carbocycles. The van der Waals surface area contributed by atoms with Gasteiger partial charge in [0.15, 0.2) is 0 Å². The van der Waals surface area contributed by atoms with Gasteiger partial charge in [-0.2, -0.15) is 10.1 Å². The highest BCUT2D eigenvalue weighted by Gasteiger charge is 2.29. The molecular formula is C24H22N4O2. The summed E-state index contributed by atoms with van der Waals surface area (Å²) in [5.41, 5.74) is 3.91. The summed E-state index contributed by atoms with van der Waals surface area (Å²) in [6.45, 7) is 4.77. The third-order valence-electron chi connectivity index (χ3n) is 5.41. The molecule has 0 aliphatic carbocycles. The van der Waals surface area contributed by atoms with Crippen LogP contribution in [0.5, 0.6) is 0 Å². The fraction of sp³-hybridized carbons (Fsp3) is 0.208. The number of hydrazone groups is 1. The third kappa shape index (κ3) is 3.35.